The molecule has 0 atom stereocenters. The van der Waals surface area contributed by atoms with Gasteiger partial charge in [0.05, 0.1) is 0 Å². The molecule has 0 bridgehead atoms. The van der Waals surface area contributed by atoms with Gasteiger partial charge in [0.15, 0.2) is 69.8 Å². The summed E-state index contributed by atoms with van der Waals surface area (Å²) in [7, 11) is 0. The fourth-order valence-electron chi connectivity index (χ4n) is 6.64. The Morgan fingerprint density at radius 2 is 0.281 bits per heavy atom. The molecule has 0 unspecified atom stereocenters. The summed E-state index contributed by atoms with van der Waals surface area (Å²) in [6.45, 7) is 0. The summed E-state index contributed by atoms with van der Waals surface area (Å²) >= 11 is 0. The van der Waals surface area contributed by atoms with Gasteiger partial charge in [0.2, 0.25) is 0 Å². The summed E-state index contributed by atoms with van der Waals surface area (Å²) < 4.78 is 294. The van der Waals surface area contributed by atoms with Crippen molar-refractivity contribution in [2.75, 3.05) is 0 Å². The van der Waals surface area contributed by atoms with Crippen molar-refractivity contribution in [3.8, 4) is 0 Å². The van der Waals surface area contributed by atoms with Gasteiger partial charge >= 0.3 is 17.1 Å². The van der Waals surface area contributed by atoms with Gasteiger partial charge in [-0.3, -0.25) is 0 Å². The summed E-state index contributed by atoms with van der Waals surface area (Å²) in [6, 6.07) is 0. The monoisotopic (exact) mass is 890 g/mol. The summed E-state index contributed by atoms with van der Waals surface area (Å²) in [5.41, 5.74) is -14.3. The molecule has 6 rings (SSSR count). The van der Waals surface area contributed by atoms with Crippen LogP contribution in [0.5, 0.6) is 0 Å². The van der Waals surface area contributed by atoms with Crippen LogP contribution in [0.1, 0.15) is 64.2 Å². The Morgan fingerprint density at radius 3 is 0.386 bits per heavy atom. The zero-order chi connectivity index (χ0) is 41.4. The number of hydrogen-bond acceptors (Lipinski definition) is 0. The van der Waals surface area contributed by atoms with Gasteiger partial charge in [-0.2, -0.15) is 0 Å². The molecule has 0 saturated heterocycles. The van der Waals surface area contributed by atoms with Crippen LogP contribution in [0.25, 0.3) is 0 Å². The van der Waals surface area contributed by atoms with Gasteiger partial charge in [-0.25, -0.2) is 87.8 Å². The normalized spacial score (nSPS) is 13.7. The zero-order valence-electron chi connectivity index (χ0n) is 28.6. The van der Waals surface area contributed by atoms with Gasteiger partial charge in [-0.1, -0.05) is 64.2 Å². The van der Waals surface area contributed by atoms with Crippen LogP contribution in [0.2, 0.25) is 0 Å². The van der Waals surface area contributed by atoms with Crippen LogP contribution in [0.15, 0.2) is 0 Å². The SMILES string of the molecule is C1CCCC1.C1CCCC1.Fc1c(F)c(F)c([B-](c2c(F)c(F)c(F)c(F)c2F)(c2c(F)c(F)c(F)c(F)c2F)c2c(F)c(F)c(F)c(F)c2F)c(F)c1F.[CH3-].[Fe+4]. The van der Waals surface area contributed by atoms with Gasteiger partial charge < -0.3 is 7.43 Å². The molecule has 2 aliphatic carbocycles. The first-order valence-electron chi connectivity index (χ1n) is 15.9. The number of benzene rings is 4. The molecule has 4 aromatic rings. The Kier molecular flexibility index (Phi) is 16.6. The average Bonchev–Trinajstić information content (AvgIpc) is 3.96. The third-order valence-electron chi connectivity index (χ3n) is 9.21. The third-order valence-corrected chi connectivity index (χ3v) is 9.21. The largest absolute Gasteiger partial charge is 4.00 e. The minimum Gasteiger partial charge on any atom is -0.358 e. The molecule has 0 aromatic heterocycles. The molecule has 22 heteroatoms. The summed E-state index contributed by atoms with van der Waals surface area (Å²) in [4.78, 5) is 0. The number of halogens is 20. The molecular formula is C35H23BF20Fe+2. The molecule has 0 nitrogen and oxygen atoms in total. The molecule has 0 N–H and O–H groups in total. The molecule has 312 valence electrons. The fraction of sp³-hybridized carbons (Fsp3) is 0.286. The predicted octanol–water partition coefficient (Wildman–Crippen LogP) is 10.2. The molecule has 0 amide bonds. The molecule has 2 saturated carbocycles. The Balaban J connectivity index is 0.000000811. The van der Waals surface area contributed by atoms with Crippen molar-refractivity contribution >= 4 is 28.0 Å². The summed E-state index contributed by atoms with van der Waals surface area (Å²) in [5.74, 6) is -71.4. The zero-order valence-corrected chi connectivity index (χ0v) is 29.7. The second kappa shape index (κ2) is 19.2. The van der Waals surface area contributed by atoms with Crippen molar-refractivity contribution < 1.29 is 105 Å². The van der Waals surface area contributed by atoms with Crippen molar-refractivity contribution in [3.05, 3.63) is 124 Å². The van der Waals surface area contributed by atoms with Gasteiger partial charge in [-0.05, 0) is 0 Å². The van der Waals surface area contributed by atoms with E-state index in [1.807, 2.05) is 0 Å². The summed E-state index contributed by atoms with van der Waals surface area (Å²) in [5, 5.41) is 0. The van der Waals surface area contributed by atoms with Crippen molar-refractivity contribution in [2.45, 2.75) is 64.2 Å². The molecule has 0 aliphatic heterocycles. The van der Waals surface area contributed by atoms with Crippen molar-refractivity contribution in [1.29, 1.82) is 0 Å². The van der Waals surface area contributed by atoms with Crippen LogP contribution in [0.3, 0.4) is 0 Å². The molecule has 0 spiro atoms. The maximum atomic E-state index is 15.4. The van der Waals surface area contributed by atoms with Crippen LogP contribution >= 0.6 is 0 Å². The van der Waals surface area contributed by atoms with E-state index >= 15 is 35.1 Å². The first-order chi connectivity index (χ1) is 25.7. The van der Waals surface area contributed by atoms with Gasteiger partial charge in [0.1, 0.15) is 52.7 Å². The van der Waals surface area contributed by atoms with E-state index in [1.54, 1.807) is 0 Å². The quantitative estimate of drug-likeness (QED) is 0.0630. The first-order valence-corrected chi connectivity index (χ1v) is 15.9. The minimum atomic E-state index is -7.22. The van der Waals surface area contributed by atoms with Crippen molar-refractivity contribution in [2.24, 2.45) is 0 Å². The Morgan fingerprint density at radius 1 is 0.193 bits per heavy atom. The van der Waals surface area contributed by atoms with Gasteiger partial charge in [-0.15, -0.1) is 21.9 Å². The van der Waals surface area contributed by atoms with Crippen LogP contribution in [-0.4, -0.2) is 6.15 Å². The number of rotatable bonds is 4. The van der Waals surface area contributed by atoms with E-state index in [9.17, 15) is 52.7 Å². The van der Waals surface area contributed by atoms with Crippen LogP contribution in [-0.2, 0) is 17.1 Å². The maximum absolute atomic E-state index is 15.4. The summed E-state index contributed by atoms with van der Waals surface area (Å²) in [6.07, 6.45) is 7.78. The van der Waals surface area contributed by atoms with E-state index in [1.165, 1.54) is 64.2 Å². The van der Waals surface area contributed by atoms with Crippen molar-refractivity contribution in [1.82, 2.24) is 0 Å². The molecule has 2 aliphatic rings. The molecule has 0 heterocycles. The van der Waals surface area contributed by atoms with E-state index in [2.05, 4.69) is 0 Å². The second-order valence-corrected chi connectivity index (χ2v) is 12.3. The molecule has 4 aromatic carbocycles. The topological polar surface area (TPSA) is 0 Å². The van der Waals surface area contributed by atoms with E-state index in [-0.39, 0.29) is 24.5 Å². The first kappa shape index (κ1) is 49.2. The molecule has 0 radical (unpaired) electrons. The Bertz CT molecular complexity index is 1720. The van der Waals surface area contributed by atoms with Crippen LogP contribution in [0.4, 0.5) is 87.8 Å². The van der Waals surface area contributed by atoms with Crippen LogP contribution in [0, 0.1) is 124 Å². The molecule has 57 heavy (non-hydrogen) atoms. The minimum absolute atomic E-state index is 0. The smallest absolute Gasteiger partial charge is 0.358 e. The van der Waals surface area contributed by atoms with Gasteiger partial charge in [0, 0.05) is 0 Å². The van der Waals surface area contributed by atoms with E-state index < -0.39 is 144 Å². The maximum Gasteiger partial charge on any atom is 4.00 e. The molecular weight excluding hydrogens is 867 g/mol. The fourth-order valence-corrected chi connectivity index (χ4v) is 6.64. The third kappa shape index (κ3) is 8.21. The van der Waals surface area contributed by atoms with Gasteiger partial charge in [0.25, 0.3) is 0 Å². The average molecular weight is 890 g/mol. The van der Waals surface area contributed by atoms with E-state index in [4.69, 9.17) is 0 Å². The second-order valence-electron chi connectivity index (χ2n) is 12.3. The van der Waals surface area contributed by atoms with Crippen LogP contribution < -0.4 is 21.9 Å². The Labute approximate surface area is 320 Å². The Hall–Kier alpha value is -3.94. The van der Waals surface area contributed by atoms with E-state index in [0.29, 0.717) is 0 Å². The van der Waals surface area contributed by atoms with E-state index in [0.717, 1.165) is 0 Å². The predicted molar refractivity (Wildman–Crippen MR) is 162 cm³/mol. The van der Waals surface area contributed by atoms with Crippen molar-refractivity contribution in [3.63, 3.8) is 0 Å². The number of hydrogen-bond donors (Lipinski definition) is 0. The molecule has 2 fully saturated rings. The standard InChI is InChI=1S/C24BF20.2C5H10.CH3.Fe/c26-5-1(6(27)14(35)21(42)13(5)34)25(2-7(28)15(36)22(43)16(37)8(2)29,3-9(30)17(38)23(44)18(39)10(3)31)4-11(32)19(40)24(45)20(41)12(4)33;2*1-2-4-5-3-1;;/h;2*1-5H2;1H3;/q-1;;;-1;+4.